The van der Waals surface area contributed by atoms with Crippen LogP contribution in [0.25, 0.3) is 21.7 Å². The Labute approximate surface area is 123 Å². The lowest BCUT2D eigenvalue weighted by Gasteiger charge is -2.03. The summed E-state index contributed by atoms with van der Waals surface area (Å²) in [4.78, 5) is 1.06. The largest absolute Gasteiger partial charge is 0.367 e. The van der Waals surface area contributed by atoms with E-state index in [4.69, 9.17) is 10.3 Å². The molecule has 0 saturated heterocycles. The Balaban J connectivity index is 2.21. The highest BCUT2D eigenvalue weighted by atomic mass is 79.9. The van der Waals surface area contributed by atoms with Gasteiger partial charge in [-0.1, -0.05) is 27.2 Å². The van der Waals surface area contributed by atoms with Crippen LogP contribution in [-0.4, -0.2) is 5.16 Å². The molecule has 0 aliphatic heterocycles. The van der Waals surface area contributed by atoms with Crippen LogP contribution in [-0.2, 0) is 0 Å². The Morgan fingerprint density at radius 3 is 2.84 bits per heavy atom. The van der Waals surface area contributed by atoms with Gasteiger partial charge in [-0.05, 0) is 42.1 Å². The van der Waals surface area contributed by atoms with Crippen LogP contribution in [0.5, 0.6) is 0 Å². The van der Waals surface area contributed by atoms with Gasteiger partial charge in [0, 0.05) is 14.9 Å². The van der Waals surface area contributed by atoms with E-state index in [0.29, 0.717) is 5.88 Å². The lowest BCUT2D eigenvalue weighted by atomic mass is 10.0. The Morgan fingerprint density at radius 2 is 2.16 bits per heavy atom. The molecule has 2 heterocycles. The molecule has 0 aliphatic rings. The van der Waals surface area contributed by atoms with E-state index < -0.39 is 0 Å². The number of hydrogen-bond donors (Lipinski definition) is 1. The number of benzene rings is 1. The van der Waals surface area contributed by atoms with Crippen molar-refractivity contribution < 1.29 is 4.52 Å². The molecule has 96 valence electrons. The third-order valence-corrected chi connectivity index (χ3v) is 4.15. The van der Waals surface area contributed by atoms with Crippen molar-refractivity contribution in [3.05, 3.63) is 45.7 Å². The summed E-state index contributed by atoms with van der Waals surface area (Å²) < 4.78 is 6.19. The quantitative estimate of drug-likeness (QED) is 0.737. The molecule has 0 spiro atoms. The minimum absolute atomic E-state index is 0.357. The van der Waals surface area contributed by atoms with Crippen LogP contribution in [0.15, 0.2) is 44.7 Å². The minimum Gasteiger partial charge on any atom is -0.367 e. The van der Waals surface area contributed by atoms with Gasteiger partial charge in [0.1, 0.15) is 5.69 Å². The van der Waals surface area contributed by atoms with Gasteiger partial charge in [-0.25, -0.2) is 0 Å². The molecule has 2 aromatic heterocycles. The van der Waals surface area contributed by atoms with Gasteiger partial charge in [-0.2, -0.15) is 0 Å². The minimum atomic E-state index is 0.357. The van der Waals surface area contributed by atoms with Gasteiger partial charge in [-0.15, -0.1) is 11.3 Å². The van der Waals surface area contributed by atoms with Crippen molar-refractivity contribution >= 4 is 33.2 Å². The van der Waals surface area contributed by atoms with Crippen LogP contribution in [0.4, 0.5) is 5.88 Å². The molecule has 1 aromatic carbocycles. The Kier molecular flexibility index (Phi) is 3.16. The SMILES string of the molecule is Cc1cc(Br)cc(-c2noc(N)c2-c2cccs2)c1. The highest BCUT2D eigenvalue weighted by molar-refractivity contribution is 9.10. The average Bonchev–Trinajstić information content (AvgIpc) is 2.96. The number of halogens is 1. The molecule has 0 radical (unpaired) electrons. The molecular formula is C14H11BrN2OS. The fraction of sp³-hybridized carbons (Fsp3) is 0.0714. The maximum absolute atomic E-state index is 5.91. The van der Waals surface area contributed by atoms with Crippen LogP contribution in [0, 0.1) is 6.92 Å². The molecule has 0 unspecified atom stereocenters. The number of rotatable bonds is 2. The van der Waals surface area contributed by atoms with Crippen molar-refractivity contribution in [2.75, 3.05) is 5.73 Å². The van der Waals surface area contributed by atoms with Gasteiger partial charge in [0.2, 0.25) is 5.88 Å². The first-order chi connectivity index (χ1) is 9.15. The first-order valence-electron chi connectivity index (χ1n) is 5.72. The Hall–Kier alpha value is -1.59. The Morgan fingerprint density at radius 1 is 1.32 bits per heavy atom. The summed E-state index contributed by atoms with van der Waals surface area (Å²) in [6, 6.07) is 10.1. The van der Waals surface area contributed by atoms with E-state index in [-0.39, 0.29) is 0 Å². The maximum atomic E-state index is 5.91. The molecule has 0 amide bonds. The van der Waals surface area contributed by atoms with Crippen LogP contribution in [0.1, 0.15) is 5.56 Å². The molecule has 0 bridgehead atoms. The predicted octanol–water partition coefficient (Wildman–Crippen LogP) is 4.72. The van der Waals surface area contributed by atoms with Gasteiger partial charge in [0.05, 0.1) is 5.56 Å². The second-order valence-corrected chi connectivity index (χ2v) is 6.13. The summed E-state index contributed by atoms with van der Waals surface area (Å²) in [5.41, 5.74) is 9.71. The zero-order chi connectivity index (χ0) is 13.4. The van der Waals surface area contributed by atoms with E-state index >= 15 is 0 Å². The summed E-state index contributed by atoms with van der Waals surface area (Å²) in [5, 5.41) is 6.12. The van der Waals surface area contributed by atoms with Crippen LogP contribution in [0.3, 0.4) is 0 Å². The second-order valence-electron chi connectivity index (χ2n) is 4.26. The fourth-order valence-electron chi connectivity index (χ4n) is 2.03. The normalized spacial score (nSPS) is 10.8. The monoisotopic (exact) mass is 334 g/mol. The summed E-state index contributed by atoms with van der Waals surface area (Å²) >= 11 is 5.12. The first kappa shape index (κ1) is 12.4. The van der Waals surface area contributed by atoms with Gasteiger partial charge in [-0.3, -0.25) is 0 Å². The van der Waals surface area contributed by atoms with Crippen molar-refractivity contribution in [1.82, 2.24) is 5.16 Å². The third kappa shape index (κ3) is 2.31. The number of aromatic nitrogens is 1. The summed E-state index contributed by atoms with van der Waals surface area (Å²) in [7, 11) is 0. The average molecular weight is 335 g/mol. The van der Waals surface area contributed by atoms with Gasteiger partial charge in [0.25, 0.3) is 0 Å². The van der Waals surface area contributed by atoms with E-state index in [2.05, 4.69) is 33.2 Å². The summed E-state index contributed by atoms with van der Waals surface area (Å²) in [6.45, 7) is 2.04. The smallest absolute Gasteiger partial charge is 0.231 e. The topological polar surface area (TPSA) is 52.0 Å². The van der Waals surface area contributed by atoms with Crippen LogP contribution >= 0.6 is 27.3 Å². The van der Waals surface area contributed by atoms with E-state index in [1.165, 1.54) is 0 Å². The molecule has 19 heavy (non-hydrogen) atoms. The van der Waals surface area contributed by atoms with Crippen molar-refractivity contribution in [2.24, 2.45) is 0 Å². The summed E-state index contributed by atoms with van der Waals surface area (Å²) in [5.74, 6) is 0.357. The lowest BCUT2D eigenvalue weighted by molar-refractivity contribution is 0.439. The number of nitrogen functional groups attached to an aromatic ring is 1. The fourth-order valence-corrected chi connectivity index (χ4v) is 3.42. The van der Waals surface area contributed by atoms with Gasteiger partial charge >= 0.3 is 0 Å². The first-order valence-corrected chi connectivity index (χ1v) is 7.39. The number of nitrogens with two attached hydrogens (primary N) is 1. The van der Waals surface area contributed by atoms with E-state index in [1.807, 2.05) is 30.5 Å². The number of nitrogens with zero attached hydrogens (tertiary/aromatic N) is 1. The van der Waals surface area contributed by atoms with Crippen LogP contribution < -0.4 is 5.73 Å². The molecule has 0 aliphatic carbocycles. The molecular weight excluding hydrogens is 324 g/mol. The molecule has 5 heteroatoms. The van der Waals surface area contributed by atoms with E-state index in [0.717, 1.165) is 31.7 Å². The van der Waals surface area contributed by atoms with Crippen molar-refractivity contribution in [2.45, 2.75) is 6.92 Å². The Bertz CT molecular complexity index is 699. The highest BCUT2D eigenvalue weighted by Crippen LogP contribution is 2.39. The van der Waals surface area contributed by atoms with Crippen molar-refractivity contribution in [3.63, 3.8) is 0 Å². The zero-order valence-electron chi connectivity index (χ0n) is 10.2. The lowest BCUT2D eigenvalue weighted by Crippen LogP contribution is -1.86. The van der Waals surface area contributed by atoms with E-state index in [9.17, 15) is 0 Å². The number of thiophene rings is 1. The number of anilines is 1. The standard InChI is InChI=1S/C14H11BrN2OS/c1-8-5-9(7-10(15)6-8)13-12(14(16)18-17-13)11-3-2-4-19-11/h2-7H,16H2,1H3. The maximum Gasteiger partial charge on any atom is 0.231 e. The van der Waals surface area contributed by atoms with E-state index in [1.54, 1.807) is 11.3 Å². The molecule has 0 fully saturated rings. The van der Waals surface area contributed by atoms with Gasteiger partial charge in [0.15, 0.2) is 0 Å². The van der Waals surface area contributed by atoms with Crippen LogP contribution in [0.2, 0.25) is 0 Å². The second kappa shape index (κ2) is 4.83. The highest BCUT2D eigenvalue weighted by Gasteiger charge is 2.18. The molecule has 0 atom stereocenters. The van der Waals surface area contributed by atoms with Gasteiger partial charge < -0.3 is 10.3 Å². The molecule has 2 N–H and O–H groups in total. The van der Waals surface area contributed by atoms with Crippen molar-refractivity contribution in [1.29, 1.82) is 0 Å². The summed E-state index contributed by atoms with van der Waals surface area (Å²) in [6.07, 6.45) is 0. The molecule has 3 aromatic rings. The predicted molar refractivity (Wildman–Crippen MR) is 82.1 cm³/mol. The third-order valence-electron chi connectivity index (χ3n) is 2.80. The molecule has 0 saturated carbocycles. The number of aryl methyl sites for hydroxylation is 1. The molecule has 3 rings (SSSR count). The van der Waals surface area contributed by atoms with Crippen molar-refractivity contribution in [3.8, 4) is 21.7 Å². The zero-order valence-corrected chi connectivity index (χ0v) is 12.6. The number of hydrogen-bond acceptors (Lipinski definition) is 4. The molecule has 3 nitrogen and oxygen atoms in total.